The Hall–Kier alpha value is -3.77. The molecular weight excluding hydrogens is 372 g/mol. The summed E-state index contributed by atoms with van der Waals surface area (Å²) in [4.78, 5) is 21.0. The first-order valence-corrected chi connectivity index (χ1v) is 9.14. The van der Waals surface area contributed by atoms with Crippen molar-refractivity contribution < 1.29 is 9.66 Å². The van der Waals surface area contributed by atoms with Gasteiger partial charge in [0, 0.05) is 42.9 Å². The summed E-state index contributed by atoms with van der Waals surface area (Å²) in [7, 11) is 0. The third-order valence-electron chi connectivity index (χ3n) is 4.77. The van der Waals surface area contributed by atoms with Crippen LogP contribution in [0.2, 0.25) is 0 Å². The summed E-state index contributed by atoms with van der Waals surface area (Å²) in [6, 6.07) is 13.8. The number of nitrogens with zero attached hydrogens (tertiary/aromatic N) is 6. The molecule has 0 bridgehead atoms. The predicted molar refractivity (Wildman–Crippen MR) is 104 cm³/mol. The summed E-state index contributed by atoms with van der Waals surface area (Å²) in [6.07, 6.45) is 3.23. The zero-order valence-electron chi connectivity index (χ0n) is 15.6. The molecular formula is C20H18N6O3. The summed E-state index contributed by atoms with van der Waals surface area (Å²) in [5, 5.41) is 19.8. The highest BCUT2D eigenvalue weighted by atomic mass is 16.6. The van der Waals surface area contributed by atoms with Crippen LogP contribution in [0, 0.1) is 21.4 Å². The molecule has 3 heterocycles. The number of pyridine rings is 1. The van der Waals surface area contributed by atoms with Crippen LogP contribution in [0.5, 0.6) is 6.01 Å². The molecule has 0 fully saturated rings. The first-order chi connectivity index (χ1) is 14.1. The molecule has 0 amide bonds. The summed E-state index contributed by atoms with van der Waals surface area (Å²) in [6.45, 7) is 3.00. The van der Waals surface area contributed by atoms with Gasteiger partial charge in [-0.25, -0.2) is 0 Å². The Labute approximate surface area is 167 Å². The van der Waals surface area contributed by atoms with E-state index in [4.69, 9.17) is 10.00 Å². The molecule has 0 unspecified atom stereocenters. The topological polar surface area (TPSA) is 110 Å². The zero-order chi connectivity index (χ0) is 20.2. The smallest absolute Gasteiger partial charge is 0.414 e. The van der Waals surface area contributed by atoms with Crippen LogP contribution < -0.4 is 4.74 Å². The summed E-state index contributed by atoms with van der Waals surface area (Å²) in [5.41, 5.74) is 3.56. The number of hydrogen-bond acceptors (Lipinski definition) is 7. The molecule has 0 spiro atoms. The average molecular weight is 390 g/mol. The van der Waals surface area contributed by atoms with E-state index in [2.05, 4.69) is 20.9 Å². The molecule has 4 rings (SSSR count). The van der Waals surface area contributed by atoms with Crippen LogP contribution in [0.25, 0.3) is 11.1 Å². The molecule has 0 radical (unpaired) electrons. The van der Waals surface area contributed by atoms with Gasteiger partial charge in [-0.2, -0.15) is 5.26 Å². The van der Waals surface area contributed by atoms with Crippen LogP contribution in [-0.4, -0.2) is 44.1 Å². The number of benzene rings is 1. The van der Waals surface area contributed by atoms with Gasteiger partial charge in [0.15, 0.2) is 0 Å². The van der Waals surface area contributed by atoms with Crippen molar-refractivity contribution in [2.75, 3.05) is 19.7 Å². The second kappa shape index (κ2) is 8.08. The van der Waals surface area contributed by atoms with Crippen LogP contribution in [0.4, 0.5) is 5.82 Å². The molecule has 0 atom stereocenters. The van der Waals surface area contributed by atoms with Crippen molar-refractivity contribution in [2.45, 2.75) is 13.1 Å². The van der Waals surface area contributed by atoms with Gasteiger partial charge in [0.25, 0.3) is 0 Å². The first kappa shape index (κ1) is 18.6. The molecule has 9 heteroatoms. The molecule has 1 aromatic carbocycles. The fourth-order valence-electron chi connectivity index (χ4n) is 3.19. The third kappa shape index (κ3) is 4.23. The number of hydrogen-bond donors (Lipinski definition) is 0. The fraction of sp³-hybridized carbons (Fsp3) is 0.250. The number of aromatic nitrogens is 3. The number of imidazole rings is 1. The van der Waals surface area contributed by atoms with Crippen LogP contribution in [0.1, 0.15) is 11.3 Å². The van der Waals surface area contributed by atoms with Crippen molar-refractivity contribution in [3.8, 4) is 23.2 Å². The van der Waals surface area contributed by atoms with Gasteiger partial charge in [-0.3, -0.25) is 14.5 Å². The maximum atomic E-state index is 10.9. The van der Waals surface area contributed by atoms with Gasteiger partial charge < -0.3 is 14.9 Å². The molecule has 3 aromatic rings. The maximum Gasteiger partial charge on any atom is 0.414 e. The van der Waals surface area contributed by atoms with Crippen molar-refractivity contribution in [1.82, 2.24) is 19.4 Å². The van der Waals surface area contributed by atoms with Gasteiger partial charge in [-0.1, -0.05) is 18.2 Å². The van der Waals surface area contributed by atoms with E-state index in [1.54, 1.807) is 16.7 Å². The van der Waals surface area contributed by atoms with E-state index < -0.39 is 4.92 Å². The minimum atomic E-state index is -0.516. The molecule has 2 aromatic heterocycles. The van der Waals surface area contributed by atoms with Crippen molar-refractivity contribution in [2.24, 2.45) is 0 Å². The fourth-order valence-corrected chi connectivity index (χ4v) is 3.19. The van der Waals surface area contributed by atoms with E-state index in [-0.39, 0.29) is 5.82 Å². The lowest BCUT2D eigenvalue weighted by molar-refractivity contribution is -0.389. The van der Waals surface area contributed by atoms with Crippen molar-refractivity contribution in [1.29, 1.82) is 5.26 Å². The highest BCUT2D eigenvalue weighted by Crippen LogP contribution is 2.21. The highest BCUT2D eigenvalue weighted by Gasteiger charge is 2.23. The number of fused-ring (bicyclic) bond motifs is 1. The highest BCUT2D eigenvalue weighted by molar-refractivity contribution is 5.63. The lowest BCUT2D eigenvalue weighted by atomic mass is 10.1. The second-order valence-electron chi connectivity index (χ2n) is 6.68. The number of nitro groups is 1. The molecule has 1 aliphatic rings. The molecule has 0 aliphatic carbocycles. The SMILES string of the molecule is N#Cc1ccc(-c2ccc(CN3CCOc4nc([N+](=O)[O-])cn4CC3)nc2)cc1. The summed E-state index contributed by atoms with van der Waals surface area (Å²) in [5.74, 6) is -0.200. The van der Waals surface area contributed by atoms with E-state index in [1.807, 2.05) is 30.5 Å². The molecule has 0 N–H and O–H groups in total. The normalized spacial score (nSPS) is 14.2. The lowest BCUT2D eigenvalue weighted by Gasteiger charge is -2.24. The minimum absolute atomic E-state index is 0.200. The Morgan fingerprint density at radius 2 is 1.93 bits per heavy atom. The Bertz CT molecular complexity index is 1050. The predicted octanol–water partition coefficient (Wildman–Crippen LogP) is 2.62. The number of rotatable bonds is 4. The van der Waals surface area contributed by atoms with Gasteiger partial charge in [0.05, 0.1) is 17.3 Å². The van der Waals surface area contributed by atoms with Crippen LogP contribution in [0.3, 0.4) is 0 Å². The van der Waals surface area contributed by atoms with Crippen molar-refractivity contribution in [3.63, 3.8) is 0 Å². The summed E-state index contributed by atoms with van der Waals surface area (Å²) >= 11 is 0. The second-order valence-corrected chi connectivity index (χ2v) is 6.68. The lowest BCUT2D eigenvalue weighted by Crippen LogP contribution is -2.33. The molecule has 146 valence electrons. The molecule has 1 aliphatic heterocycles. The van der Waals surface area contributed by atoms with E-state index >= 15 is 0 Å². The standard InChI is InChI=1S/C20H18N6O3/c21-11-15-1-3-16(4-2-15)17-5-6-18(22-12-17)13-24-7-8-25-14-19(26(27)28)23-20(25)29-10-9-24/h1-6,12,14H,7-10,13H2. The van der Waals surface area contributed by atoms with Crippen LogP contribution >= 0.6 is 0 Å². The molecule has 9 nitrogen and oxygen atoms in total. The molecule has 29 heavy (non-hydrogen) atoms. The van der Waals surface area contributed by atoms with Gasteiger partial charge in [-0.05, 0) is 28.7 Å². The summed E-state index contributed by atoms with van der Waals surface area (Å²) < 4.78 is 7.26. The van der Waals surface area contributed by atoms with E-state index in [0.717, 1.165) is 16.8 Å². The van der Waals surface area contributed by atoms with Crippen LogP contribution in [0.15, 0.2) is 48.8 Å². The Morgan fingerprint density at radius 3 is 2.62 bits per heavy atom. The Morgan fingerprint density at radius 1 is 1.14 bits per heavy atom. The van der Waals surface area contributed by atoms with Crippen molar-refractivity contribution in [3.05, 3.63) is 70.2 Å². The number of ether oxygens (including phenoxy) is 1. The monoisotopic (exact) mass is 390 g/mol. The average Bonchev–Trinajstić information content (AvgIpc) is 3.13. The zero-order valence-corrected chi connectivity index (χ0v) is 15.6. The first-order valence-electron chi connectivity index (χ1n) is 9.14. The Kier molecular flexibility index (Phi) is 5.18. The third-order valence-corrected chi connectivity index (χ3v) is 4.77. The largest absolute Gasteiger partial charge is 0.444 e. The maximum absolute atomic E-state index is 10.9. The van der Waals surface area contributed by atoms with Gasteiger partial charge in [0.1, 0.15) is 12.8 Å². The van der Waals surface area contributed by atoms with Gasteiger partial charge in [0.2, 0.25) is 0 Å². The minimum Gasteiger partial charge on any atom is -0.444 e. The van der Waals surface area contributed by atoms with E-state index in [9.17, 15) is 10.1 Å². The van der Waals surface area contributed by atoms with Crippen molar-refractivity contribution >= 4 is 5.82 Å². The quantitative estimate of drug-likeness (QED) is 0.497. The van der Waals surface area contributed by atoms with E-state index in [0.29, 0.717) is 44.4 Å². The van der Waals surface area contributed by atoms with Gasteiger partial charge >= 0.3 is 11.8 Å². The number of nitriles is 1. The van der Waals surface area contributed by atoms with Gasteiger partial charge in [-0.15, -0.1) is 0 Å². The molecule has 0 saturated carbocycles. The van der Waals surface area contributed by atoms with Crippen LogP contribution in [-0.2, 0) is 13.1 Å². The van der Waals surface area contributed by atoms with E-state index in [1.165, 1.54) is 6.20 Å². The Balaban J connectivity index is 1.41. The molecule has 0 saturated heterocycles.